The van der Waals surface area contributed by atoms with Gasteiger partial charge in [0.1, 0.15) is 5.57 Å². The highest BCUT2D eigenvalue weighted by molar-refractivity contribution is 6.11. The van der Waals surface area contributed by atoms with E-state index in [4.69, 9.17) is 9.47 Å². The molecule has 8 nitrogen and oxygen atoms in total. The number of amides is 2. The van der Waals surface area contributed by atoms with Gasteiger partial charge in [0, 0.05) is 11.3 Å². The molecule has 2 rings (SSSR count). The quantitative estimate of drug-likeness (QED) is 0.720. The highest BCUT2D eigenvalue weighted by Crippen LogP contribution is 2.42. The monoisotopic (exact) mass is 402 g/mol. The predicted molar refractivity (Wildman–Crippen MR) is 88.7 cm³/mol. The molecule has 152 valence electrons. The second-order valence-corrected chi connectivity index (χ2v) is 5.72. The Morgan fingerprint density at radius 2 is 1.71 bits per heavy atom. The van der Waals surface area contributed by atoms with Crippen LogP contribution in [0.25, 0.3) is 0 Å². The van der Waals surface area contributed by atoms with E-state index in [-0.39, 0.29) is 22.8 Å². The van der Waals surface area contributed by atoms with Gasteiger partial charge in [0.15, 0.2) is 11.5 Å². The van der Waals surface area contributed by atoms with Gasteiger partial charge in [-0.2, -0.15) is 13.2 Å². The largest absolute Gasteiger partial charge is 0.493 e. The van der Waals surface area contributed by atoms with E-state index in [0.29, 0.717) is 0 Å². The molecule has 0 fully saturated rings. The second-order valence-electron chi connectivity index (χ2n) is 5.72. The van der Waals surface area contributed by atoms with Crippen molar-refractivity contribution in [2.45, 2.75) is 18.6 Å². The minimum Gasteiger partial charge on any atom is -0.493 e. The number of carbonyl (C=O) groups is 3. The van der Waals surface area contributed by atoms with Crippen LogP contribution < -0.4 is 20.1 Å². The van der Waals surface area contributed by atoms with Gasteiger partial charge in [-0.15, -0.1) is 0 Å². The number of halogens is 3. The van der Waals surface area contributed by atoms with Gasteiger partial charge < -0.3 is 24.8 Å². The topological polar surface area (TPSA) is 103 Å². The Kier molecular flexibility index (Phi) is 5.57. The Morgan fingerprint density at radius 3 is 2.21 bits per heavy atom. The van der Waals surface area contributed by atoms with Gasteiger partial charge in [0.05, 0.1) is 21.3 Å². The molecule has 0 aromatic heterocycles. The van der Waals surface area contributed by atoms with Gasteiger partial charge in [0.25, 0.3) is 11.8 Å². The number of allylic oxidation sites excluding steroid dienone is 1. The van der Waals surface area contributed by atoms with Crippen LogP contribution in [0.4, 0.5) is 13.2 Å². The van der Waals surface area contributed by atoms with E-state index in [9.17, 15) is 27.6 Å². The molecule has 0 saturated heterocycles. The van der Waals surface area contributed by atoms with Crippen molar-refractivity contribution in [2.75, 3.05) is 21.3 Å². The lowest BCUT2D eigenvalue weighted by Gasteiger charge is -2.31. The van der Waals surface area contributed by atoms with Crippen molar-refractivity contribution in [1.82, 2.24) is 10.6 Å². The summed E-state index contributed by atoms with van der Waals surface area (Å²) in [4.78, 5) is 36.8. The number of methoxy groups -OCH3 is 3. The molecule has 0 spiro atoms. The maximum atomic E-state index is 14.0. The molecule has 1 aromatic carbocycles. The fourth-order valence-electron chi connectivity index (χ4n) is 2.81. The summed E-state index contributed by atoms with van der Waals surface area (Å²) >= 11 is 0. The Hall–Kier alpha value is -3.24. The first kappa shape index (κ1) is 21.1. The Labute approximate surface area is 157 Å². The molecule has 1 aliphatic rings. The predicted octanol–water partition coefficient (Wildman–Crippen LogP) is 1.31. The average Bonchev–Trinajstić information content (AvgIpc) is 2.90. The van der Waals surface area contributed by atoms with Crippen LogP contribution in [-0.2, 0) is 14.3 Å². The third-order valence-corrected chi connectivity index (χ3v) is 4.15. The van der Waals surface area contributed by atoms with Crippen LogP contribution in [0.1, 0.15) is 17.3 Å². The average molecular weight is 402 g/mol. The van der Waals surface area contributed by atoms with Gasteiger partial charge in [0.2, 0.25) is 5.54 Å². The van der Waals surface area contributed by atoms with Gasteiger partial charge in [-0.25, -0.2) is 4.79 Å². The molecule has 2 N–H and O–H groups in total. The lowest BCUT2D eigenvalue weighted by molar-refractivity contribution is -0.188. The fourth-order valence-corrected chi connectivity index (χ4v) is 2.81. The van der Waals surface area contributed by atoms with Crippen molar-refractivity contribution < 1.29 is 41.8 Å². The SMILES string of the molecule is COC(=O)C1=C(C)NC(=O)C1(NC(=O)c1ccc(OC)c(OC)c1)C(F)(F)F. The molecule has 28 heavy (non-hydrogen) atoms. The minimum atomic E-state index is -5.33. The number of alkyl halides is 3. The van der Waals surface area contributed by atoms with Crippen LogP contribution in [-0.4, -0.2) is 50.8 Å². The molecule has 2 amide bonds. The van der Waals surface area contributed by atoms with Crippen molar-refractivity contribution in [3.63, 3.8) is 0 Å². The van der Waals surface area contributed by atoms with E-state index in [1.807, 2.05) is 5.32 Å². The van der Waals surface area contributed by atoms with Crippen LogP contribution in [0.3, 0.4) is 0 Å². The molecule has 1 aromatic rings. The number of esters is 1. The molecule has 1 unspecified atom stereocenters. The summed E-state index contributed by atoms with van der Waals surface area (Å²) in [5.74, 6) is -3.95. The zero-order valence-electron chi connectivity index (χ0n) is 15.3. The highest BCUT2D eigenvalue weighted by Gasteiger charge is 2.69. The molecule has 0 radical (unpaired) electrons. The molecule has 11 heteroatoms. The van der Waals surface area contributed by atoms with E-state index in [2.05, 4.69) is 4.74 Å². The molecular formula is C17H17F3N2O6. The first-order valence-corrected chi connectivity index (χ1v) is 7.75. The van der Waals surface area contributed by atoms with Gasteiger partial charge in [-0.3, -0.25) is 9.59 Å². The highest BCUT2D eigenvalue weighted by atomic mass is 19.4. The molecule has 1 aliphatic heterocycles. The van der Waals surface area contributed by atoms with Crippen LogP contribution in [0.2, 0.25) is 0 Å². The molecule has 1 atom stereocenters. The summed E-state index contributed by atoms with van der Waals surface area (Å²) < 4.78 is 56.3. The number of hydrogen-bond donors (Lipinski definition) is 2. The minimum absolute atomic E-state index is 0.0898. The normalized spacial score (nSPS) is 19.2. The Balaban J connectivity index is 2.56. The Bertz CT molecular complexity index is 865. The van der Waals surface area contributed by atoms with Gasteiger partial charge >= 0.3 is 12.1 Å². The molecule has 0 bridgehead atoms. The fraction of sp³-hybridized carbons (Fsp3) is 0.353. The van der Waals surface area contributed by atoms with Crippen molar-refractivity contribution in [2.24, 2.45) is 0 Å². The lowest BCUT2D eigenvalue weighted by atomic mass is 9.88. The zero-order chi connectivity index (χ0) is 21.3. The summed E-state index contributed by atoms with van der Waals surface area (Å²) in [6.45, 7) is 1.10. The van der Waals surface area contributed by atoms with Gasteiger partial charge in [-0.1, -0.05) is 0 Å². The Morgan fingerprint density at radius 1 is 1.11 bits per heavy atom. The van der Waals surface area contributed by atoms with E-state index in [1.54, 1.807) is 5.32 Å². The van der Waals surface area contributed by atoms with Crippen molar-refractivity contribution in [1.29, 1.82) is 0 Å². The summed E-state index contributed by atoms with van der Waals surface area (Å²) in [6.07, 6.45) is -5.33. The van der Waals surface area contributed by atoms with E-state index in [1.165, 1.54) is 26.4 Å². The lowest BCUT2D eigenvalue weighted by Crippen LogP contribution is -2.66. The van der Waals surface area contributed by atoms with Crippen molar-refractivity contribution in [3.8, 4) is 11.5 Å². The molecule has 0 saturated carbocycles. The van der Waals surface area contributed by atoms with E-state index >= 15 is 0 Å². The molecular weight excluding hydrogens is 385 g/mol. The maximum Gasteiger partial charge on any atom is 0.425 e. The standard InChI is InChI=1S/C17H17F3N2O6/c1-8-12(14(24)28-4)16(15(25)21-8,17(18,19)20)22-13(23)9-5-6-10(26-2)11(7-9)27-3/h5-7H,1-4H3,(H,21,25)(H,22,23). The van der Waals surface area contributed by atoms with Crippen LogP contribution in [0.15, 0.2) is 29.5 Å². The molecule has 0 aliphatic carbocycles. The van der Waals surface area contributed by atoms with Gasteiger partial charge in [-0.05, 0) is 25.1 Å². The number of carbonyl (C=O) groups excluding carboxylic acids is 3. The first-order chi connectivity index (χ1) is 13.0. The third kappa shape index (κ3) is 3.23. The molecule has 1 heterocycles. The zero-order valence-corrected chi connectivity index (χ0v) is 15.3. The van der Waals surface area contributed by atoms with Crippen LogP contribution in [0, 0.1) is 0 Å². The first-order valence-electron chi connectivity index (χ1n) is 7.75. The summed E-state index contributed by atoms with van der Waals surface area (Å²) in [7, 11) is 3.49. The van der Waals surface area contributed by atoms with Crippen molar-refractivity contribution in [3.05, 3.63) is 35.0 Å². The maximum absolute atomic E-state index is 14.0. The van der Waals surface area contributed by atoms with E-state index in [0.717, 1.165) is 20.1 Å². The number of nitrogens with one attached hydrogen (secondary N) is 2. The smallest absolute Gasteiger partial charge is 0.425 e. The summed E-state index contributed by atoms with van der Waals surface area (Å²) in [5.41, 5.74) is -5.26. The summed E-state index contributed by atoms with van der Waals surface area (Å²) in [5, 5.41) is 3.59. The van der Waals surface area contributed by atoms with Crippen molar-refractivity contribution >= 4 is 17.8 Å². The number of hydrogen-bond acceptors (Lipinski definition) is 6. The van der Waals surface area contributed by atoms with E-state index < -0.39 is 35.1 Å². The number of rotatable bonds is 5. The number of ether oxygens (including phenoxy) is 3. The third-order valence-electron chi connectivity index (χ3n) is 4.15. The summed E-state index contributed by atoms with van der Waals surface area (Å²) in [6, 6.07) is 3.63. The van der Waals surface area contributed by atoms with Crippen LogP contribution >= 0.6 is 0 Å². The van der Waals surface area contributed by atoms with Crippen LogP contribution in [0.5, 0.6) is 11.5 Å². The number of benzene rings is 1. The second kappa shape index (κ2) is 7.41.